The highest BCUT2D eigenvalue weighted by atomic mass is 16.6. The second-order valence-corrected chi connectivity index (χ2v) is 7.17. The number of aromatic nitrogens is 2. The highest BCUT2D eigenvalue weighted by Gasteiger charge is 2.21. The van der Waals surface area contributed by atoms with E-state index in [9.17, 15) is 10.1 Å². The van der Waals surface area contributed by atoms with Gasteiger partial charge in [0.2, 0.25) is 5.95 Å². The van der Waals surface area contributed by atoms with E-state index >= 15 is 0 Å². The van der Waals surface area contributed by atoms with Gasteiger partial charge in [0.25, 0.3) is 0 Å². The maximum atomic E-state index is 11.5. The Morgan fingerprint density at radius 3 is 2.56 bits per heavy atom. The maximum Gasteiger partial charge on any atom is 0.349 e. The van der Waals surface area contributed by atoms with Crippen LogP contribution in [0.4, 0.5) is 23.0 Å². The van der Waals surface area contributed by atoms with E-state index < -0.39 is 4.92 Å². The minimum Gasteiger partial charge on any atom is -0.493 e. The molecule has 0 aliphatic carbocycles. The van der Waals surface area contributed by atoms with Crippen molar-refractivity contribution in [3.8, 4) is 17.4 Å². The van der Waals surface area contributed by atoms with Gasteiger partial charge in [-0.2, -0.15) is 4.98 Å². The summed E-state index contributed by atoms with van der Waals surface area (Å²) in [4.78, 5) is 21.4. The number of methoxy groups -OCH3 is 1. The van der Waals surface area contributed by atoms with Crippen molar-refractivity contribution in [2.75, 3.05) is 43.6 Å². The number of hydrogen-bond acceptors (Lipinski definition) is 9. The number of nitrogens with zero attached hydrogens (tertiary/aromatic N) is 4. The van der Waals surface area contributed by atoms with E-state index in [1.54, 1.807) is 12.1 Å². The number of aryl methyl sites for hydroxylation is 1. The minimum atomic E-state index is -0.586. The fourth-order valence-electron chi connectivity index (χ4n) is 3.29. The first-order valence-corrected chi connectivity index (χ1v) is 10.1. The molecule has 2 aromatic carbocycles. The fraction of sp³-hybridized carbons (Fsp3) is 0.273. The van der Waals surface area contributed by atoms with Crippen LogP contribution in [0.2, 0.25) is 0 Å². The third-order valence-corrected chi connectivity index (χ3v) is 4.96. The normalized spacial score (nSPS) is 13.5. The first kappa shape index (κ1) is 21.3. The van der Waals surface area contributed by atoms with Crippen molar-refractivity contribution in [1.82, 2.24) is 9.97 Å². The lowest BCUT2D eigenvalue weighted by molar-refractivity contribution is -0.386. The van der Waals surface area contributed by atoms with Crippen molar-refractivity contribution in [2.24, 2.45) is 0 Å². The lowest BCUT2D eigenvalue weighted by Gasteiger charge is -2.28. The van der Waals surface area contributed by atoms with Crippen molar-refractivity contribution in [3.63, 3.8) is 0 Å². The molecule has 1 fully saturated rings. The largest absolute Gasteiger partial charge is 0.493 e. The Morgan fingerprint density at radius 2 is 1.88 bits per heavy atom. The van der Waals surface area contributed by atoms with Crippen molar-refractivity contribution < 1.29 is 19.1 Å². The number of hydrogen-bond donors (Lipinski definition) is 1. The van der Waals surface area contributed by atoms with Gasteiger partial charge in [0.1, 0.15) is 6.20 Å². The molecule has 0 atom stereocenters. The predicted octanol–water partition coefficient (Wildman–Crippen LogP) is 4.07. The quantitative estimate of drug-likeness (QED) is 0.432. The molecular formula is C22H23N5O5. The zero-order valence-corrected chi connectivity index (χ0v) is 17.8. The van der Waals surface area contributed by atoms with Crippen LogP contribution in [0.25, 0.3) is 0 Å². The Balaban J connectivity index is 1.56. The summed E-state index contributed by atoms with van der Waals surface area (Å²) in [5, 5.41) is 14.5. The van der Waals surface area contributed by atoms with E-state index in [2.05, 4.69) is 20.2 Å². The molecule has 1 aliphatic rings. The van der Waals surface area contributed by atoms with Gasteiger partial charge in [-0.3, -0.25) is 10.1 Å². The van der Waals surface area contributed by atoms with Gasteiger partial charge < -0.3 is 24.4 Å². The van der Waals surface area contributed by atoms with Gasteiger partial charge >= 0.3 is 11.6 Å². The van der Waals surface area contributed by atoms with Crippen LogP contribution >= 0.6 is 0 Å². The van der Waals surface area contributed by atoms with Crippen LogP contribution in [-0.2, 0) is 4.74 Å². The van der Waals surface area contributed by atoms with Crippen LogP contribution in [0.15, 0.2) is 48.7 Å². The second kappa shape index (κ2) is 9.48. The molecule has 0 radical (unpaired) electrons. The molecule has 1 saturated heterocycles. The number of benzene rings is 2. The molecule has 0 bridgehead atoms. The molecule has 0 amide bonds. The Morgan fingerprint density at radius 1 is 1.12 bits per heavy atom. The number of ether oxygens (including phenoxy) is 3. The summed E-state index contributed by atoms with van der Waals surface area (Å²) >= 11 is 0. The van der Waals surface area contributed by atoms with Gasteiger partial charge in [0.15, 0.2) is 11.5 Å². The molecule has 0 spiro atoms. The highest BCUT2D eigenvalue weighted by Crippen LogP contribution is 2.35. The molecule has 0 saturated carbocycles. The van der Waals surface area contributed by atoms with Crippen molar-refractivity contribution in [1.29, 1.82) is 0 Å². The average Bonchev–Trinajstić information content (AvgIpc) is 2.81. The Bertz CT molecular complexity index is 1100. The molecule has 1 aliphatic heterocycles. The lowest BCUT2D eigenvalue weighted by atomic mass is 10.2. The molecule has 3 aromatic rings. The van der Waals surface area contributed by atoms with E-state index in [0.29, 0.717) is 24.7 Å². The van der Waals surface area contributed by atoms with E-state index in [4.69, 9.17) is 14.2 Å². The summed E-state index contributed by atoms with van der Waals surface area (Å²) in [5.41, 5.74) is 2.46. The molecule has 0 unspecified atom stereocenters. The summed E-state index contributed by atoms with van der Waals surface area (Å²) in [5.74, 6) is 0.766. The maximum absolute atomic E-state index is 11.5. The summed E-state index contributed by atoms with van der Waals surface area (Å²) in [6, 6.07) is 13.1. The molecule has 10 nitrogen and oxygen atoms in total. The van der Waals surface area contributed by atoms with E-state index in [0.717, 1.165) is 36.2 Å². The van der Waals surface area contributed by atoms with Crippen LogP contribution < -0.4 is 19.7 Å². The number of rotatable bonds is 7. The number of nitro groups is 1. The Kier molecular flexibility index (Phi) is 6.31. The monoisotopic (exact) mass is 437 g/mol. The Hall–Kier alpha value is -3.92. The summed E-state index contributed by atoms with van der Waals surface area (Å²) in [6.45, 7) is 5.03. The van der Waals surface area contributed by atoms with Crippen LogP contribution in [0.1, 0.15) is 5.56 Å². The van der Waals surface area contributed by atoms with Crippen LogP contribution in [0, 0.1) is 17.0 Å². The molecule has 32 heavy (non-hydrogen) atoms. The van der Waals surface area contributed by atoms with E-state index in [1.807, 2.05) is 37.3 Å². The van der Waals surface area contributed by atoms with Gasteiger partial charge in [0.05, 0.1) is 25.2 Å². The highest BCUT2D eigenvalue weighted by molar-refractivity contribution is 5.60. The smallest absolute Gasteiger partial charge is 0.349 e. The molecule has 1 N–H and O–H groups in total. The number of nitrogens with one attached hydrogen (secondary N) is 1. The predicted molar refractivity (Wildman–Crippen MR) is 119 cm³/mol. The molecule has 1 aromatic heterocycles. The standard InChI is InChI=1S/C22H23N5O5/c1-15-3-8-19(20(13-15)30-2)32-21-18(27(28)29)14-23-22(25-21)24-16-4-6-17(7-5-16)26-9-11-31-12-10-26/h3-8,13-14H,9-12H2,1-2H3,(H,23,24,25). The third kappa shape index (κ3) is 4.86. The fourth-order valence-corrected chi connectivity index (χ4v) is 3.29. The first-order valence-electron chi connectivity index (χ1n) is 10.1. The van der Waals surface area contributed by atoms with Gasteiger partial charge in [-0.1, -0.05) is 6.07 Å². The van der Waals surface area contributed by atoms with Gasteiger partial charge in [-0.05, 0) is 48.9 Å². The molecule has 166 valence electrons. The van der Waals surface area contributed by atoms with Gasteiger partial charge in [-0.25, -0.2) is 4.98 Å². The Labute approximate surface area is 184 Å². The zero-order valence-electron chi connectivity index (χ0n) is 17.8. The van der Waals surface area contributed by atoms with Gasteiger partial charge in [0, 0.05) is 24.5 Å². The summed E-state index contributed by atoms with van der Waals surface area (Å²) in [7, 11) is 1.50. The molecular weight excluding hydrogens is 414 g/mol. The number of anilines is 3. The van der Waals surface area contributed by atoms with Crippen molar-refractivity contribution in [2.45, 2.75) is 6.92 Å². The third-order valence-electron chi connectivity index (χ3n) is 4.96. The first-order chi connectivity index (χ1) is 15.5. The minimum absolute atomic E-state index is 0.177. The average molecular weight is 437 g/mol. The SMILES string of the molecule is COc1cc(C)ccc1Oc1nc(Nc2ccc(N3CCOCC3)cc2)ncc1[N+](=O)[O-]. The zero-order chi connectivity index (χ0) is 22.5. The summed E-state index contributed by atoms with van der Waals surface area (Å²) < 4.78 is 16.5. The van der Waals surface area contributed by atoms with Crippen molar-refractivity contribution in [3.05, 3.63) is 64.3 Å². The van der Waals surface area contributed by atoms with Crippen LogP contribution in [0.3, 0.4) is 0 Å². The summed E-state index contributed by atoms with van der Waals surface area (Å²) in [6.07, 6.45) is 1.12. The van der Waals surface area contributed by atoms with E-state index in [-0.39, 0.29) is 17.5 Å². The molecule has 2 heterocycles. The second-order valence-electron chi connectivity index (χ2n) is 7.17. The molecule has 10 heteroatoms. The number of morpholine rings is 1. The van der Waals surface area contributed by atoms with E-state index in [1.165, 1.54) is 7.11 Å². The van der Waals surface area contributed by atoms with Gasteiger partial charge in [-0.15, -0.1) is 0 Å². The van der Waals surface area contributed by atoms with Crippen LogP contribution in [0.5, 0.6) is 17.4 Å². The topological polar surface area (TPSA) is 112 Å². The molecule has 4 rings (SSSR count). The van der Waals surface area contributed by atoms with Crippen LogP contribution in [-0.4, -0.2) is 48.3 Å². The van der Waals surface area contributed by atoms with Crippen molar-refractivity contribution >= 4 is 23.0 Å². The lowest BCUT2D eigenvalue weighted by Crippen LogP contribution is -2.36.